The van der Waals surface area contributed by atoms with Gasteiger partial charge < -0.3 is 14.6 Å². The van der Waals surface area contributed by atoms with E-state index in [9.17, 15) is 5.11 Å². The molecule has 1 fully saturated rings. The zero-order chi connectivity index (χ0) is 17.5. The molecule has 0 amide bonds. The van der Waals surface area contributed by atoms with Gasteiger partial charge in [0.25, 0.3) is 0 Å². The van der Waals surface area contributed by atoms with Crippen LogP contribution in [0.2, 0.25) is 0 Å². The Morgan fingerprint density at radius 2 is 1.96 bits per heavy atom. The molecule has 0 unspecified atom stereocenters. The molecule has 5 heteroatoms. The average Bonchev–Trinajstić information content (AvgIpc) is 3.25. The lowest BCUT2D eigenvalue weighted by Crippen LogP contribution is -2.15. The number of para-hydroxylation sites is 1. The van der Waals surface area contributed by atoms with Gasteiger partial charge in [0.15, 0.2) is 0 Å². The molecular weight excluding hydrogens is 328 g/mol. The van der Waals surface area contributed by atoms with Crippen molar-refractivity contribution in [3.8, 4) is 17.4 Å². The molecule has 2 aliphatic rings. The third-order valence-electron chi connectivity index (χ3n) is 4.94. The molecule has 2 heterocycles. The van der Waals surface area contributed by atoms with Crippen molar-refractivity contribution in [1.82, 2.24) is 4.98 Å². The van der Waals surface area contributed by atoms with E-state index in [4.69, 9.17) is 14.5 Å². The van der Waals surface area contributed by atoms with Crippen molar-refractivity contribution in [3.05, 3.63) is 60.2 Å². The first-order valence-corrected chi connectivity index (χ1v) is 8.88. The fourth-order valence-corrected chi connectivity index (χ4v) is 3.64. The van der Waals surface area contributed by atoms with Crippen molar-refractivity contribution in [2.45, 2.75) is 31.4 Å². The predicted octanol–water partition coefficient (Wildman–Crippen LogP) is 4.43. The van der Waals surface area contributed by atoms with E-state index in [1.807, 2.05) is 36.4 Å². The number of nitrogens with zero attached hydrogens (tertiary/aromatic N) is 2. The summed E-state index contributed by atoms with van der Waals surface area (Å²) < 4.78 is 11.9. The first-order chi connectivity index (χ1) is 12.8. The zero-order valence-electron chi connectivity index (χ0n) is 14.1. The molecule has 1 N–H and O–H groups in total. The maximum absolute atomic E-state index is 9.98. The van der Waals surface area contributed by atoms with Gasteiger partial charge in [-0.05, 0) is 49.6 Å². The molecule has 0 saturated heterocycles. The van der Waals surface area contributed by atoms with Gasteiger partial charge in [-0.25, -0.2) is 9.98 Å². The molecule has 0 bridgehead atoms. The molecule has 5 rings (SSSR count). The zero-order valence-corrected chi connectivity index (χ0v) is 14.1. The van der Waals surface area contributed by atoms with E-state index in [1.54, 1.807) is 18.2 Å². The summed E-state index contributed by atoms with van der Waals surface area (Å²) in [6.45, 7) is 0. The number of hydrogen-bond acceptors (Lipinski definition) is 5. The summed E-state index contributed by atoms with van der Waals surface area (Å²) in [6, 6.07) is 17.0. The van der Waals surface area contributed by atoms with Crippen molar-refractivity contribution in [2.24, 2.45) is 4.99 Å². The Labute approximate surface area is 150 Å². The fourth-order valence-electron chi connectivity index (χ4n) is 3.64. The number of phenolic OH excluding ortho intramolecular Hbond substituents is 1. The molecule has 1 aliphatic carbocycles. The van der Waals surface area contributed by atoms with E-state index in [0.29, 0.717) is 29.1 Å². The highest BCUT2D eigenvalue weighted by atomic mass is 16.5. The molecule has 1 aliphatic heterocycles. The minimum absolute atomic E-state index is 0.141. The number of rotatable bonds is 3. The first-order valence-electron chi connectivity index (χ1n) is 8.88. The van der Waals surface area contributed by atoms with E-state index in [0.717, 1.165) is 23.8 Å². The maximum atomic E-state index is 9.98. The number of pyridine rings is 1. The summed E-state index contributed by atoms with van der Waals surface area (Å²) in [5.74, 6) is 1.94. The van der Waals surface area contributed by atoms with Crippen LogP contribution >= 0.6 is 0 Å². The van der Waals surface area contributed by atoms with Gasteiger partial charge in [0.05, 0.1) is 6.04 Å². The number of ether oxygens (including phenoxy) is 2. The summed E-state index contributed by atoms with van der Waals surface area (Å²) in [4.78, 5) is 9.12. The van der Waals surface area contributed by atoms with Crippen LogP contribution in [0.1, 0.15) is 24.8 Å². The number of fused-ring (bicyclic) bond motifs is 2. The van der Waals surface area contributed by atoms with E-state index in [1.165, 1.54) is 6.42 Å². The second-order valence-electron chi connectivity index (χ2n) is 6.72. The summed E-state index contributed by atoms with van der Waals surface area (Å²) >= 11 is 0. The number of aromatic hydroxyl groups is 1. The van der Waals surface area contributed by atoms with Gasteiger partial charge in [-0.2, -0.15) is 0 Å². The first kappa shape index (κ1) is 15.2. The fraction of sp³-hybridized carbons (Fsp3) is 0.238. The van der Waals surface area contributed by atoms with Gasteiger partial charge in [0.1, 0.15) is 23.1 Å². The topological polar surface area (TPSA) is 63.9 Å². The number of aromatic nitrogens is 1. The second kappa shape index (κ2) is 6.02. The number of benzene rings is 2. The SMILES string of the molecule is Oc1cccc2ccc(Oc3cccc(C4=N[C@H]5CCC[C@H]5O4)c3)nc12. The third-order valence-corrected chi connectivity index (χ3v) is 4.94. The smallest absolute Gasteiger partial charge is 0.219 e. The van der Waals surface area contributed by atoms with E-state index < -0.39 is 0 Å². The van der Waals surface area contributed by atoms with Crippen molar-refractivity contribution in [1.29, 1.82) is 0 Å². The van der Waals surface area contributed by atoms with Crippen molar-refractivity contribution >= 4 is 16.8 Å². The van der Waals surface area contributed by atoms with Crippen LogP contribution in [0.4, 0.5) is 0 Å². The highest BCUT2D eigenvalue weighted by molar-refractivity contribution is 5.95. The maximum Gasteiger partial charge on any atom is 0.219 e. The van der Waals surface area contributed by atoms with Crippen molar-refractivity contribution in [2.75, 3.05) is 0 Å². The predicted molar refractivity (Wildman–Crippen MR) is 99.0 cm³/mol. The quantitative estimate of drug-likeness (QED) is 0.762. The van der Waals surface area contributed by atoms with Crippen LogP contribution in [-0.4, -0.2) is 28.1 Å². The Kier molecular flexibility index (Phi) is 3.52. The lowest BCUT2D eigenvalue weighted by molar-refractivity contribution is 0.211. The second-order valence-corrected chi connectivity index (χ2v) is 6.72. The Balaban J connectivity index is 1.42. The molecule has 0 radical (unpaired) electrons. The van der Waals surface area contributed by atoms with Crippen LogP contribution in [0.15, 0.2) is 59.6 Å². The standard InChI is InChI=1S/C21H18N2O3/c24-17-8-2-4-13-10-11-19(23-20(13)17)25-15-6-1-5-14(12-15)21-22-16-7-3-9-18(16)26-21/h1-2,4-6,8,10-12,16,18,24H,3,7,9H2/t16-,18+/m0/s1. The minimum atomic E-state index is 0.141. The molecule has 1 saturated carbocycles. The van der Waals surface area contributed by atoms with Crippen LogP contribution in [0.25, 0.3) is 10.9 Å². The highest BCUT2D eigenvalue weighted by Gasteiger charge is 2.35. The Bertz CT molecular complexity index is 1020. The van der Waals surface area contributed by atoms with Crippen LogP contribution in [0.3, 0.4) is 0 Å². The average molecular weight is 346 g/mol. The largest absolute Gasteiger partial charge is 0.506 e. The third kappa shape index (κ3) is 2.65. The van der Waals surface area contributed by atoms with Crippen molar-refractivity contribution in [3.63, 3.8) is 0 Å². The summed E-state index contributed by atoms with van der Waals surface area (Å²) in [7, 11) is 0. The van der Waals surface area contributed by atoms with Gasteiger partial charge in [-0.15, -0.1) is 0 Å². The van der Waals surface area contributed by atoms with Crippen LogP contribution in [0, 0.1) is 0 Å². The van der Waals surface area contributed by atoms with Crippen LogP contribution < -0.4 is 4.74 Å². The Morgan fingerprint density at radius 1 is 1.04 bits per heavy atom. The van der Waals surface area contributed by atoms with Gasteiger partial charge in [-0.3, -0.25) is 0 Å². The lowest BCUT2D eigenvalue weighted by Gasteiger charge is -2.10. The molecular formula is C21H18N2O3. The summed E-state index contributed by atoms with van der Waals surface area (Å²) in [5.41, 5.74) is 1.44. The normalized spacial score (nSPS) is 21.3. The highest BCUT2D eigenvalue weighted by Crippen LogP contribution is 2.32. The minimum Gasteiger partial charge on any atom is -0.506 e. The van der Waals surface area contributed by atoms with E-state index in [-0.39, 0.29) is 11.9 Å². The van der Waals surface area contributed by atoms with E-state index in [2.05, 4.69) is 4.98 Å². The number of hydrogen-bond donors (Lipinski definition) is 1. The Hall–Kier alpha value is -3.08. The van der Waals surface area contributed by atoms with Gasteiger partial charge >= 0.3 is 0 Å². The van der Waals surface area contributed by atoms with Crippen LogP contribution in [0.5, 0.6) is 17.4 Å². The van der Waals surface area contributed by atoms with Gasteiger partial charge in [-0.1, -0.05) is 18.2 Å². The van der Waals surface area contributed by atoms with E-state index >= 15 is 0 Å². The molecule has 26 heavy (non-hydrogen) atoms. The lowest BCUT2D eigenvalue weighted by atomic mass is 10.2. The molecule has 2 atom stereocenters. The molecule has 2 aromatic carbocycles. The molecule has 0 spiro atoms. The summed E-state index contributed by atoms with van der Waals surface area (Å²) in [6.07, 6.45) is 3.61. The van der Waals surface area contributed by atoms with Gasteiger partial charge in [0.2, 0.25) is 11.8 Å². The number of phenols is 1. The molecule has 130 valence electrons. The molecule has 1 aromatic heterocycles. The number of aliphatic imine (C=N–C) groups is 1. The van der Waals surface area contributed by atoms with Crippen LogP contribution in [-0.2, 0) is 4.74 Å². The van der Waals surface area contributed by atoms with Crippen molar-refractivity contribution < 1.29 is 14.6 Å². The Morgan fingerprint density at radius 3 is 2.88 bits per heavy atom. The van der Waals surface area contributed by atoms with Gasteiger partial charge in [0, 0.05) is 17.0 Å². The molecule has 5 nitrogen and oxygen atoms in total. The summed E-state index contributed by atoms with van der Waals surface area (Å²) in [5, 5.41) is 10.8. The monoisotopic (exact) mass is 346 g/mol. The molecule has 3 aromatic rings.